The smallest absolute Gasteiger partial charge is 0.387 e. The lowest BCUT2D eigenvalue weighted by Crippen LogP contribution is -2.49. The number of nitrogens with zero attached hydrogens (tertiary/aromatic N) is 2. The SMILES string of the molecule is O=S(=O)(c1ccccc1)N1CCN(CC(O)c2ccc(OC(F)F)cc2)CC1. The summed E-state index contributed by atoms with van der Waals surface area (Å²) in [6, 6.07) is 14.2. The number of benzene rings is 2. The lowest BCUT2D eigenvalue weighted by atomic mass is 10.1. The van der Waals surface area contributed by atoms with Crippen molar-refractivity contribution < 1.29 is 27.0 Å². The van der Waals surface area contributed by atoms with E-state index in [-0.39, 0.29) is 10.6 Å². The monoisotopic (exact) mass is 412 g/mol. The van der Waals surface area contributed by atoms with E-state index in [4.69, 9.17) is 0 Å². The van der Waals surface area contributed by atoms with E-state index in [1.165, 1.54) is 16.4 Å². The maximum absolute atomic E-state index is 12.6. The number of β-amino-alcohol motifs (C(OH)–C–C–N with tert-alkyl or cyclic N) is 1. The number of alkyl halides is 2. The first-order valence-electron chi connectivity index (χ1n) is 8.86. The largest absolute Gasteiger partial charge is 0.435 e. The molecule has 0 spiro atoms. The molecule has 3 rings (SSSR count). The Hall–Kier alpha value is -2.07. The number of aliphatic hydroxyl groups excluding tert-OH is 1. The molecule has 0 bridgehead atoms. The van der Waals surface area contributed by atoms with E-state index in [2.05, 4.69) is 4.74 Å². The average Bonchev–Trinajstić information content (AvgIpc) is 2.69. The molecular formula is C19H22F2N2O4S. The molecule has 9 heteroatoms. The van der Waals surface area contributed by atoms with Gasteiger partial charge in [0.15, 0.2) is 0 Å². The highest BCUT2D eigenvalue weighted by molar-refractivity contribution is 7.89. The van der Waals surface area contributed by atoms with Crippen LogP contribution in [0.3, 0.4) is 0 Å². The summed E-state index contributed by atoms with van der Waals surface area (Å²) in [5, 5.41) is 10.4. The van der Waals surface area contributed by atoms with Crippen LogP contribution >= 0.6 is 0 Å². The van der Waals surface area contributed by atoms with Gasteiger partial charge in [-0.05, 0) is 29.8 Å². The Balaban J connectivity index is 1.54. The molecule has 1 N–H and O–H groups in total. The van der Waals surface area contributed by atoms with Gasteiger partial charge in [0, 0.05) is 32.7 Å². The lowest BCUT2D eigenvalue weighted by molar-refractivity contribution is -0.0498. The van der Waals surface area contributed by atoms with Crippen molar-refractivity contribution in [1.29, 1.82) is 0 Å². The molecule has 1 heterocycles. The van der Waals surface area contributed by atoms with Crippen molar-refractivity contribution in [1.82, 2.24) is 9.21 Å². The molecule has 2 aromatic carbocycles. The molecule has 0 aromatic heterocycles. The number of hydrogen-bond donors (Lipinski definition) is 1. The van der Waals surface area contributed by atoms with Gasteiger partial charge in [-0.3, -0.25) is 4.90 Å². The van der Waals surface area contributed by atoms with E-state index in [0.29, 0.717) is 38.3 Å². The van der Waals surface area contributed by atoms with Gasteiger partial charge in [-0.1, -0.05) is 30.3 Å². The second-order valence-corrected chi connectivity index (χ2v) is 8.42. The Labute approximate surface area is 163 Å². The van der Waals surface area contributed by atoms with E-state index in [0.717, 1.165) is 0 Å². The van der Waals surface area contributed by atoms with Crippen LogP contribution < -0.4 is 4.74 Å². The summed E-state index contributed by atoms with van der Waals surface area (Å²) in [7, 11) is -3.51. The number of halogens is 2. The van der Waals surface area contributed by atoms with E-state index in [1.54, 1.807) is 42.5 Å². The molecule has 6 nitrogen and oxygen atoms in total. The van der Waals surface area contributed by atoms with Crippen molar-refractivity contribution in [3.05, 3.63) is 60.2 Å². The van der Waals surface area contributed by atoms with E-state index in [1.807, 2.05) is 4.90 Å². The predicted molar refractivity (Wildman–Crippen MR) is 99.7 cm³/mol. The molecule has 1 unspecified atom stereocenters. The van der Waals surface area contributed by atoms with Crippen LogP contribution in [0, 0.1) is 0 Å². The lowest BCUT2D eigenvalue weighted by Gasteiger charge is -2.35. The van der Waals surface area contributed by atoms with Crippen LogP contribution in [0.2, 0.25) is 0 Å². The fourth-order valence-electron chi connectivity index (χ4n) is 3.12. The Kier molecular flexibility index (Phi) is 6.61. The van der Waals surface area contributed by atoms with E-state index < -0.39 is 22.7 Å². The van der Waals surface area contributed by atoms with E-state index in [9.17, 15) is 22.3 Å². The summed E-state index contributed by atoms with van der Waals surface area (Å²) in [4.78, 5) is 2.25. The Morgan fingerprint density at radius 3 is 2.14 bits per heavy atom. The van der Waals surface area contributed by atoms with Gasteiger partial charge in [-0.2, -0.15) is 13.1 Å². The highest BCUT2D eigenvalue weighted by Gasteiger charge is 2.29. The summed E-state index contributed by atoms with van der Waals surface area (Å²) in [5.74, 6) is 0.0330. The minimum Gasteiger partial charge on any atom is -0.435 e. The number of ether oxygens (including phenoxy) is 1. The minimum absolute atomic E-state index is 0.0330. The van der Waals surface area contributed by atoms with Crippen molar-refractivity contribution in [3.63, 3.8) is 0 Å². The molecule has 152 valence electrons. The fraction of sp³-hybridized carbons (Fsp3) is 0.368. The summed E-state index contributed by atoms with van der Waals surface area (Å²) in [5.41, 5.74) is 0.584. The average molecular weight is 412 g/mol. The summed E-state index contributed by atoms with van der Waals surface area (Å²) in [6.45, 7) is -0.894. The van der Waals surface area contributed by atoms with Crippen LogP contribution in [-0.4, -0.2) is 62.1 Å². The van der Waals surface area contributed by atoms with Crippen LogP contribution in [0.25, 0.3) is 0 Å². The Bertz CT molecular complexity index is 855. The molecule has 0 amide bonds. The Morgan fingerprint density at radius 2 is 1.57 bits per heavy atom. The molecule has 1 saturated heterocycles. The summed E-state index contributed by atoms with van der Waals surface area (Å²) in [6.07, 6.45) is -0.808. The second kappa shape index (κ2) is 8.95. The third-order valence-electron chi connectivity index (χ3n) is 4.63. The van der Waals surface area contributed by atoms with Crippen LogP contribution in [0.4, 0.5) is 8.78 Å². The van der Waals surface area contributed by atoms with Crippen molar-refractivity contribution >= 4 is 10.0 Å². The summed E-state index contributed by atoms with van der Waals surface area (Å²) >= 11 is 0. The van der Waals surface area contributed by atoms with Crippen molar-refractivity contribution in [2.75, 3.05) is 32.7 Å². The number of sulfonamides is 1. The van der Waals surface area contributed by atoms with Crippen LogP contribution in [0.1, 0.15) is 11.7 Å². The zero-order chi connectivity index (χ0) is 20.1. The van der Waals surface area contributed by atoms with E-state index >= 15 is 0 Å². The van der Waals surface area contributed by atoms with Gasteiger partial charge in [-0.15, -0.1) is 0 Å². The molecule has 0 aliphatic carbocycles. The van der Waals surface area contributed by atoms with Crippen LogP contribution in [0.5, 0.6) is 5.75 Å². The second-order valence-electron chi connectivity index (χ2n) is 6.48. The molecule has 1 atom stereocenters. The molecule has 28 heavy (non-hydrogen) atoms. The zero-order valence-corrected chi connectivity index (χ0v) is 15.9. The molecule has 1 aliphatic heterocycles. The fourth-order valence-corrected chi connectivity index (χ4v) is 4.56. The standard InChI is InChI=1S/C19H22F2N2O4S/c20-19(21)27-16-8-6-15(7-9-16)18(24)14-22-10-12-23(13-11-22)28(25,26)17-4-2-1-3-5-17/h1-9,18-19,24H,10-14H2. The highest BCUT2D eigenvalue weighted by Crippen LogP contribution is 2.22. The van der Waals surface area contributed by atoms with Gasteiger partial charge in [-0.25, -0.2) is 8.42 Å². The number of aliphatic hydroxyl groups is 1. The first kappa shape index (κ1) is 20.7. The highest BCUT2D eigenvalue weighted by atomic mass is 32.2. The van der Waals surface area contributed by atoms with Gasteiger partial charge in [0.1, 0.15) is 5.75 Å². The minimum atomic E-state index is -3.51. The van der Waals surface area contributed by atoms with Crippen molar-refractivity contribution in [3.8, 4) is 5.75 Å². The van der Waals surface area contributed by atoms with Crippen molar-refractivity contribution in [2.45, 2.75) is 17.6 Å². The number of piperazine rings is 1. The van der Waals surface area contributed by atoms with Gasteiger partial charge >= 0.3 is 6.61 Å². The third kappa shape index (κ3) is 5.05. The maximum Gasteiger partial charge on any atom is 0.387 e. The van der Waals surface area contributed by atoms with Crippen molar-refractivity contribution in [2.24, 2.45) is 0 Å². The third-order valence-corrected chi connectivity index (χ3v) is 6.55. The van der Waals surface area contributed by atoms with Crippen LogP contribution in [0.15, 0.2) is 59.5 Å². The molecule has 1 fully saturated rings. The topological polar surface area (TPSA) is 70.1 Å². The zero-order valence-electron chi connectivity index (χ0n) is 15.1. The molecule has 2 aromatic rings. The van der Waals surface area contributed by atoms with Crippen LogP contribution in [-0.2, 0) is 10.0 Å². The Morgan fingerprint density at radius 1 is 0.964 bits per heavy atom. The predicted octanol–water partition coefficient (Wildman–Crippen LogP) is 2.33. The van der Waals surface area contributed by atoms with Gasteiger partial charge in [0.25, 0.3) is 0 Å². The quantitative estimate of drug-likeness (QED) is 0.756. The molecule has 0 radical (unpaired) electrons. The normalized spacial score (nSPS) is 17.6. The van der Waals surface area contributed by atoms with Gasteiger partial charge in [0.2, 0.25) is 10.0 Å². The molecule has 0 saturated carbocycles. The van der Waals surface area contributed by atoms with Gasteiger partial charge < -0.3 is 9.84 Å². The van der Waals surface area contributed by atoms with Gasteiger partial charge in [0.05, 0.1) is 11.0 Å². The maximum atomic E-state index is 12.6. The number of hydrogen-bond acceptors (Lipinski definition) is 5. The first-order valence-corrected chi connectivity index (χ1v) is 10.3. The number of rotatable bonds is 7. The summed E-state index contributed by atoms with van der Waals surface area (Å²) < 4.78 is 55.4. The molecule has 1 aliphatic rings. The molecular weight excluding hydrogens is 390 g/mol. The first-order chi connectivity index (χ1) is 13.4.